The van der Waals surface area contributed by atoms with E-state index in [0.717, 1.165) is 31.4 Å². The minimum absolute atomic E-state index is 0.0930. The molecule has 0 atom stereocenters. The molecule has 47 heavy (non-hydrogen) atoms. The average Bonchev–Trinajstić information content (AvgIpc) is 2.92. The van der Waals surface area contributed by atoms with Gasteiger partial charge in [0.15, 0.2) is 0 Å². The molecule has 276 valence electrons. The van der Waals surface area contributed by atoms with Gasteiger partial charge in [-0.2, -0.15) is 92.2 Å². The molecule has 0 bridgehead atoms. The normalized spacial score (nSPS) is 15.3. The molecule has 0 aliphatic heterocycles. The smallest absolute Gasteiger partial charge is 0.460 e. The van der Waals surface area contributed by atoms with Crippen molar-refractivity contribution in [3.8, 4) is 5.75 Å². The minimum Gasteiger partial charge on any atom is -0.494 e. The molecule has 1 aromatic rings. The molecule has 1 aromatic carbocycles. The quantitative estimate of drug-likeness (QED) is 0.0838. The van der Waals surface area contributed by atoms with E-state index in [0.29, 0.717) is 6.42 Å². The molecule has 0 saturated carbocycles. The van der Waals surface area contributed by atoms with Crippen molar-refractivity contribution < 1.29 is 96.9 Å². The number of hydrogen-bond acceptors (Lipinski definition) is 2. The zero-order valence-corrected chi connectivity index (χ0v) is 23.8. The zero-order valence-electron chi connectivity index (χ0n) is 23.0. The van der Waals surface area contributed by atoms with E-state index in [4.69, 9.17) is 4.74 Å². The van der Waals surface area contributed by atoms with Crippen molar-refractivity contribution in [1.82, 2.24) is 0 Å². The van der Waals surface area contributed by atoms with Crippen LogP contribution in [0, 0.1) is 0 Å². The van der Waals surface area contributed by atoms with E-state index < -0.39 is 71.7 Å². The monoisotopic (exact) mass is 756 g/mol. The standard InChI is InChI=1S/C24H21F21OS/c1-2-3-4-5-11-46-13-6-8-14(9-7-13)47-12-10-15(25,26)16(27,28)17(29,30)18(31,32)19(33,34)20(35,36)21(37,38)22(39,40)23(41,42)24(43,44)45/h6-9H,2-5,10-12H2,1H3. The molecule has 23 heteroatoms. The highest BCUT2D eigenvalue weighted by atomic mass is 32.2. The van der Waals surface area contributed by atoms with Gasteiger partial charge in [0.05, 0.1) is 6.61 Å². The third kappa shape index (κ3) is 7.28. The van der Waals surface area contributed by atoms with Gasteiger partial charge in [-0.05, 0) is 30.7 Å². The summed E-state index contributed by atoms with van der Waals surface area (Å²) in [5.74, 6) is -78.0. The topological polar surface area (TPSA) is 9.23 Å². The highest BCUT2D eigenvalue weighted by Crippen LogP contribution is 2.66. The van der Waals surface area contributed by atoms with Gasteiger partial charge >= 0.3 is 59.5 Å². The molecule has 0 amide bonds. The van der Waals surface area contributed by atoms with Crippen molar-refractivity contribution in [3.63, 3.8) is 0 Å². The van der Waals surface area contributed by atoms with Crippen LogP contribution in [-0.4, -0.2) is 71.8 Å². The van der Waals surface area contributed by atoms with Gasteiger partial charge in [0.1, 0.15) is 5.75 Å². The lowest BCUT2D eigenvalue weighted by Gasteiger charge is -2.44. The van der Waals surface area contributed by atoms with Gasteiger partial charge in [0.2, 0.25) is 0 Å². The van der Waals surface area contributed by atoms with Gasteiger partial charge < -0.3 is 4.74 Å². The molecule has 0 N–H and O–H groups in total. The Morgan fingerprint density at radius 1 is 0.489 bits per heavy atom. The number of benzene rings is 1. The van der Waals surface area contributed by atoms with E-state index in [1.807, 2.05) is 6.92 Å². The Hall–Kier alpha value is -2.10. The molecule has 0 radical (unpaired) electrons. The zero-order chi connectivity index (χ0) is 37.3. The van der Waals surface area contributed by atoms with Gasteiger partial charge in [-0.3, -0.25) is 0 Å². The van der Waals surface area contributed by atoms with Crippen LogP contribution in [0.2, 0.25) is 0 Å². The molecule has 0 unspecified atom stereocenters. The Bertz CT molecular complexity index is 1160. The molecule has 0 heterocycles. The summed E-state index contributed by atoms with van der Waals surface area (Å²) in [7, 11) is 0. The van der Waals surface area contributed by atoms with Crippen LogP contribution >= 0.6 is 11.8 Å². The van der Waals surface area contributed by atoms with E-state index >= 15 is 0 Å². The van der Waals surface area contributed by atoms with Gasteiger partial charge in [0, 0.05) is 17.1 Å². The second-order valence-electron chi connectivity index (χ2n) is 9.78. The first-order valence-electron chi connectivity index (χ1n) is 12.6. The summed E-state index contributed by atoms with van der Waals surface area (Å²) in [5.41, 5.74) is 0. The van der Waals surface area contributed by atoms with Crippen molar-refractivity contribution in [2.24, 2.45) is 0 Å². The van der Waals surface area contributed by atoms with Crippen LogP contribution in [0.15, 0.2) is 29.2 Å². The lowest BCUT2D eigenvalue weighted by atomic mass is 9.86. The molecule has 0 aromatic heterocycles. The highest BCUT2D eigenvalue weighted by Gasteiger charge is 2.97. The Morgan fingerprint density at radius 3 is 1.26 bits per heavy atom. The maximum Gasteiger partial charge on any atom is 0.460 e. The maximum absolute atomic E-state index is 14.1. The number of rotatable bonds is 18. The van der Waals surface area contributed by atoms with E-state index in [9.17, 15) is 92.2 Å². The number of hydrogen-bond donors (Lipinski definition) is 0. The number of thioether (sulfide) groups is 1. The minimum atomic E-state index is -9.17. The Labute approximate surface area is 255 Å². The van der Waals surface area contributed by atoms with Crippen molar-refractivity contribution in [2.45, 2.75) is 103 Å². The van der Waals surface area contributed by atoms with Crippen molar-refractivity contribution in [3.05, 3.63) is 24.3 Å². The lowest BCUT2D eigenvalue weighted by Crippen LogP contribution is -2.76. The number of halogens is 21. The Kier molecular flexibility index (Phi) is 12.5. The summed E-state index contributed by atoms with van der Waals surface area (Å²) >= 11 is 0.130. The molecular weight excluding hydrogens is 735 g/mol. The largest absolute Gasteiger partial charge is 0.494 e. The summed E-state index contributed by atoms with van der Waals surface area (Å²) < 4.78 is 288. The summed E-state index contributed by atoms with van der Waals surface area (Å²) in [6.45, 7) is 2.19. The number of ether oxygens (including phenoxy) is 1. The van der Waals surface area contributed by atoms with Crippen molar-refractivity contribution >= 4 is 11.8 Å². The Balaban J connectivity index is 3.27. The molecule has 0 aliphatic carbocycles. The van der Waals surface area contributed by atoms with Crippen LogP contribution in [-0.2, 0) is 0 Å². The second kappa shape index (κ2) is 13.7. The van der Waals surface area contributed by atoms with Gasteiger partial charge in [0.25, 0.3) is 0 Å². The first-order valence-corrected chi connectivity index (χ1v) is 13.6. The first-order chi connectivity index (χ1) is 20.8. The van der Waals surface area contributed by atoms with Crippen LogP contribution in [0.25, 0.3) is 0 Å². The summed E-state index contributed by atoms with van der Waals surface area (Å²) in [5, 5.41) is 0. The molecule has 1 rings (SSSR count). The predicted molar refractivity (Wildman–Crippen MR) is 122 cm³/mol. The fourth-order valence-electron chi connectivity index (χ4n) is 3.40. The summed E-state index contributed by atoms with van der Waals surface area (Å²) in [6.07, 6.45) is -7.38. The van der Waals surface area contributed by atoms with Gasteiger partial charge in [-0.1, -0.05) is 26.2 Å². The van der Waals surface area contributed by atoms with E-state index in [1.165, 1.54) is 12.1 Å². The summed E-state index contributed by atoms with van der Waals surface area (Å²) in [4.78, 5) is -0.0930. The lowest BCUT2D eigenvalue weighted by molar-refractivity contribution is -0.474. The van der Waals surface area contributed by atoms with Crippen LogP contribution in [0.3, 0.4) is 0 Å². The van der Waals surface area contributed by atoms with E-state index in [2.05, 4.69) is 0 Å². The molecule has 1 nitrogen and oxygen atoms in total. The van der Waals surface area contributed by atoms with Crippen LogP contribution in [0.1, 0.15) is 39.0 Å². The highest BCUT2D eigenvalue weighted by molar-refractivity contribution is 7.99. The number of unbranched alkanes of at least 4 members (excludes halogenated alkanes) is 3. The average molecular weight is 756 g/mol. The third-order valence-electron chi connectivity index (χ3n) is 6.35. The Morgan fingerprint density at radius 2 is 0.872 bits per heavy atom. The van der Waals surface area contributed by atoms with Crippen molar-refractivity contribution in [1.29, 1.82) is 0 Å². The van der Waals surface area contributed by atoms with E-state index in [1.54, 1.807) is 0 Å². The third-order valence-corrected chi connectivity index (χ3v) is 7.36. The molecule has 0 aliphatic rings. The maximum atomic E-state index is 14.1. The fraction of sp³-hybridized carbons (Fsp3) is 0.750. The summed E-state index contributed by atoms with van der Waals surface area (Å²) in [6, 6.07) is 4.64. The van der Waals surface area contributed by atoms with Gasteiger partial charge in [-0.15, -0.1) is 11.8 Å². The molecule has 0 saturated heterocycles. The molecule has 0 spiro atoms. The SMILES string of the molecule is CCCCCCOc1ccc(SCCC(F)(F)C(F)(F)C(F)(F)C(F)(F)C(F)(F)C(F)(F)C(F)(F)C(F)(F)C(F)(F)C(F)(F)F)cc1. The first kappa shape index (κ1) is 42.9. The van der Waals surface area contributed by atoms with Crippen LogP contribution < -0.4 is 4.74 Å². The van der Waals surface area contributed by atoms with Crippen LogP contribution in [0.5, 0.6) is 5.75 Å². The van der Waals surface area contributed by atoms with Gasteiger partial charge in [-0.25, -0.2) is 0 Å². The predicted octanol–water partition coefficient (Wildman–Crippen LogP) is 11.4. The molecule has 0 fully saturated rings. The van der Waals surface area contributed by atoms with E-state index in [-0.39, 0.29) is 29.0 Å². The second-order valence-corrected chi connectivity index (χ2v) is 10.9. The molecular formula is C24H21F21OS. The van der Waals surface area contributed by atoms with Crippen LogP contribution in [0.4, 0.5) is 92.2 Å². The fourth-order valence-corrected chi connectivity index (χ4v) is 4.32. The van der Waals surface area contributed by atoms with Crippen molar-refractivity contribution in [2.75, 3.05) is 12.4 Å². The number of alkyl halides is 21.